The van der Waals surface area contributed by atoms with E-state index in [9.17, 15) is 14.4 Å². The lowest BCUT2D eigenvalue weighted by Crippen LogP contribution is -2.20. The van der Waals surface area contributed by atoms with Crippen molar-refractivity contribution < 1.29 is 23.9 Å². The monoisotopic (exact) mass is 278 g/mol. The first-order chi connectivity index (χ1) is 9.67. The summed E-state index contributed by atoms with van der Waals surface area (Å²) in [5, 5.41) is 0. The van der Waals surface area contributed by atoms with E-state index in [1.807, 2.05) is 0 Å². The first kappa shape index (κ1) is 15.9. The SMILES string of the molecule is CCOC(=O)CCC[C@H](C=O)OC(=O)c1ccccc1. The Bertz CT molecular complexity index is 441. The van der Waals surface area contributed by atoms with Crippen LogP contribution in [0.15, 0.2) is 30.3 Å². The van der Waals surface area contributed by atoms with Gasteiger partial charge in [0.2, 0.25) is 0 Å². The van der Waals surface area contributed by atoms with Gasteiger partial charge in [0.25, 0.3) is 0 Å². The second kappa shape index (κ2) is 8.85. The van der Waals surface area contributed by atoms with Gasteiger partial charge >= 0.3 is 11.9 Å². The van der Waals surface area contributed by atoms with Crippen LogP contribution in [-0.4, -0.2) is 30.9 Å². The Hall–Kier alpha value is -2.17. The molecule has 1 aromatic carbocycles. The molecule has 0 saturated carbocycles. The Morgan fingerprint density at radius 2 is 1.95 bits per heavy atom. The summed E-state index contributed by atoms with van der Waals surface area (Å²) in [7, 11) is 0. The molecule has 0 radical (unpaired) electrons. The fourth-order valence-electron chi connectivity index (χ4n) is 1.62. The highest BCUT2D eigenvalue weighted by Gasteiger charge is 2.15. The summed E-state index contributed by atoms with van der Waals surface area (Å²) >= 11 is 0. The quantitative estimate of drug-likeness (QED) is 0.538. The molecule has 0 fully saturated rings. The summed E-state index contributed by atoms with van der Waals surface area (Å²) in [5.74, 6) is -0.856. The van der Waals surface area contributed by atoms with Crippen molar-refractivity contribution in [2.24, 2.45) is 0 Å². The minimum atomic E-state index is -0.836. The zero-order valence-corrected chi connectivity index (χ0v) is 11.4. The smallest absolute Gasteiger partial charge is 0.338 e. The van der Waals surface area contributed by atoms with E-state index in [1.54, 1.807) is 37.3 Å². The Morgan fingerprint density at radius 3 is 2.55 bits per heavy atom. The van der Waals surface area contributed by atoms with Crippen LogP contribution in [0, 0.1) is 0 Å². The third-order valence-electron chi connectivity index (χ3n) is 2.59. The van der Waals surface area contributed by atoms with Crippen molar-refractivity contribution in [1.82, 2.24) is 0 Å². The maximum Gasteiger partial charge on any atom is 0.338 e. The van der Waals surface area contributed by atoms with Gasteiger partial charge in [0.05, 0.1) is 12.2 Å². The molecule has 1 atom stereocenters. The van der Waals surface area contributed by atoms with Crippen LogP contribution >= 0.6 is 0 Å². The molecule has 0 aliphatic rings. The van der Waals surface area contributed by atoms with Gasteiger partial charge in [-0.25, -0.2) is 4.79 Å². The molecule has 1 aromatic rings. The summed E-state index contributed by atoms with van der Waals surface area (Å²) in [4.78, 5) is 33.8. The fraction of sp³-hybridized carbons (Fsp3) is 0.400. The second-order valence-electron chi connectivity index (χ2n) is 4.14. The van der Waals surface area contributed by atoms with Gasteiger partial charge in [0, 0.05) is 6.42 Å². The molecule has 1 rings (SSSR count). The number of aldehydes is 1. The molecule has 0 aliphatic carbocycles. The molecule has 0 aromatic heterocycles. The van der Waals surface area contributed by atoms with E-state index in [4.69, 9.17) is 9.47 Å². The van der Waals surface area contributed by atoms with Gasteiger partial charge in [-0.1, -0.05) is 18.2 Å². The molecule has 108 valence electrons. The molecule has 5 heteroatoms. The maximum atomic E-state index is 11.7. The van der Waals surface area contributed by atoms with Gasteiger partial charge in [-0.15, -0.1) is 0 Å². The summed E-state index contributed by atoms with van der Waals surface area (Å²) in [6.45, 7) is 2.06. The van der Waals surface area contributed by atoms with E-state index >= 15 is 0 Å². The van der Waals surface area contributed by atoms with Crippen LogP contribution < -0.4 is 0 Å². The molecule has 0 aliphatic heterocycles. The van der Waals surface area contributed by atoms with Crippen molar-refractivity contribution in [1.29, 1.82) is 0 Å². The van der Waals surface area contributed by atoms with Gasteiger partial charge in [0.1, 0.15) is 0 Å². The predicted octanol–water partition coefficient (Wildman–Crippen LogP) is 2.14. The summed E-state index contributed by atoms with van der Waals surface area (Å²) < 4.78 is 9.84. The lowest BCUT2D eigenvalue weighted by Gasteiger charge is -2.11. The fourth-order valence-corrected chi connectivity index (χ4v) is 1.62. The largest absolute Gasteiger partial charge is 0.466 e. The molecular formula is C15H18O5. The molecule has 0 saturated heterocycles. The van der Waals surface area contributed by atoms with E-state index < -0.39 is 12.1 Å². The Morgan fingerprint density at radius 1 is 1.25 bits per heavy atom. The number of benzene rings is 1. The molecule has 0 heterocycles. The van der Waals surface area contributed by atoms with E-state index in [0.717, 1.165) is 0 Å². The minimum absolute atomic E-state index is 0.209. The van der Waals surface area contributed by atoms with Crippen LogP contribution in [0.25, 0.3) is 0 Å². The van der Waals surface area contributed by atoms with Crippen molar-refractivity contribution in [3.05, 3.63) is 35.9 Å². The van der Waals surface area contributed by atoms with Gasteiger partial charge in [-0.05, 0) is 31.9 Å². The first-order valence-electron chi connectivity index (χ1n) is 6.54. The van der Waals surface area contributed by atoms with Gasteiger partial charge in [-0.3, -0.25) is 9.59 Å². The van der Waals surface area contributed by atoms with Gasteiger partial charge in [-0.2, -0.15) is 0 Å². The number of hydrogen-bond acceptors (Lipinski definition) is 5. The van der Waals surface area contributed by atoms with Crippen LogP contribution in [0.4, 0.5) is 0 Å². The average Bonchev–Trinajstić information content (AvgIpc) is 2.47. The number of esters is 2. The Kier molecular flexibility index (Phi) is 7.03. The van der Waals surface area contributed by atoms with Crippen molar-refractivity contribution in [3.8, 4) is 0 Å². The normalized spacial score (nSPS) is 11.4. The third kappa shape index (κ3) is 5.65. The summed E-state index contributed by atoms with van der Waals surface area (Å²) in [6.07, 6.45) is 0.690. The topological polar surface area (TPSA) is 69.7 Å². The maximum absolute atomic E-state index is 11.7. The van der Waals surface area contributed by atoms with Crippen molar-refractivity contribution in [2.45, 2.75) is 32.3 Å². The van der Waals surface area contributed by atoms with E-state index in [2.05, 4.69) is 0 Å². The van der Waals surface area contributed by atoms with Crippen LogP contribution in [0.2, 0.25) is 0 Å². The number of carbonyl (C=O) groups excluding carboxylic acids is 3. The van der Waals surface area contributed by atoms with Gasteiger partial charge in [0.15, 0.2) is 12.4 Å². The molecule has 0 amide bonds. The Balaban J connectivity index is 2.38. The van der Waals surface area contributed by atoms with E-state index in [0.29, 0.717) is 31.3 Å². The highest BCUT2D eigenvalue weighted by molar-refractivity contribution is 5.90. The number of hydrogen-bond donors (Lipinski definition) is 0. The van der Waals surface area contributed by atoms with Crippen LogP contribution in [-0.2, 0) is 19.1 Å². The highest BCUT2D eigenvalue weighted by atomic mass is 16.5. The Labute approximate surface area is 117 Å². The van der Waals surface area contributed by atoms with Crippen LogP contribution in [0.1, 0.15) is 36.5 Å². The number of rotatable bonds is 8. The molecule has 0 spiro atoms. The molecule has 0 N–H and O–H groups in total. The van der Waals surface area contributed by atoms with Crippen LogP contribution in [0.3, 0.4) is 0 Å². The average molecular weight is 278 g/mol. The summed E-state index contributed by atoms with van der Waals surface area (Å²) in [5.41, 5.74) is 0.393. The third-order valence-corrected chi connectivity index (χ3v) is 2.59. The van der Waals surface area contributed by atoms with Gasteiger partial charge < -0.3 is 9.47 Å². The second-order valence-corrected chi connectivity index (χ2v) is 4.14. The van der Waals surface area contributed by atoms with Crippen molar-refractivity contribution in [3.63, 3.8) is 0 Å². The standard InChI is InChI=1S/C15H18O5/c1-2-19-14(17)10-6-9-13(11-16)20-15(18)12-7-4-3-5-8-12/h3-5,7-8,11,13H,2,6,9-10H2,1H3/t13-/m1/s1. The van der Waals surface area contributed by atoms with Crippen molar-refractivity contribution in [2.75, 3.05) is 6.61 Å². The highest BCUT2D eigenvalue weighted by Crippen LogP contribution is 2.08. The lowest BCUT2D eigenvalue weighted by atomic mass is 10.1. The minimum Gasteiger partial charge on any atom is -0.466 e. The molecule has 20 heavy (non-hydrogen) atoms. The van der Waals surface area contributed by atoms with E-state index in [1.165, 1.54) is 0 Å². The zero-order chi connectivity index (χ0) is 14.8. The summed E-state index contributed by atoms with van der Waals surface area (Å²) in [6, 6.07) is 8.44. The molecule has 0 bridgehead atoms. The predicted molar refractivity (Wildman–Crippen MR) is 72.2 cm³/mol. The van der Waals surface area contributed by atoms with E-state index in [-0.39, 0.29) is 12.4 Å². The number of ether oxygens (including phenoxy) is 2. The molecule has 5 nitrogen and oxygen atoms in total. The zero-order valence-electron chi connectivity index (χ0n) is 11.4. The lowest BCUT2D eigenvalue weighted by molar-refractivity contribution is -0.143. The number of carbonyl (C=O) groups is 3. The molecule has 0 unspecified atom stereocenters. The van der Waals surface area contributed by atoms with Crippen molar-refractivity contribution >= 4 is 18.2 Å². The first-order valence-corrected chi connectivity index (χ1v) is 6.54. The molecular weight excluding hydrogens is 260 g/mol. The van der Waals surface area contributed by atoms with Crippen LogP contribution in [0.5, 0.6) is 0 Å².